The molecule has 2 rings (SSSR count). The maximum Gasteiger partial charge on any atom is 0.0324 e. The first-order valence-corrected chi connectivity index (χ1v) is 9.16. The summed E-state index contributed by atoms with van der Waals surface area (Å²) in [7, 11) is 4.40. The molecule has 120 valence electrons. The van der Waals surface area contributed by atoms with Crippen LogP contribution in [0.5, 0.6) is 0 Å². The van der Waals surface area contributed by atoms with E-state index in [1.165, 1.54) is 30.7 Å². The molecule has 0 saturated heterocycles. The molecule has 3 atom stereocenters. The van der Waals surface area contributed by atoms with E-state index in [2.05, 4.69) is 62.6 Å². The molecule has 3 unspecified atom stereocenters. The van der Waals surface area contributed by atoms with Crippen LogP contribution in [-0.2, 0) is 6.54 Å². The maximum absolute atomic E-state index is 3.57. The summed E-state index contributed by atoms with van der Waals surface area (Å²) in [6.07, 6.45) is 4.07. The van der Waals surface area contributed by atoms with Crippen molar-refractivity contribution in [3.05, 3.63) is 22.4 Å². The van der Waals surface area contributed by atoms with Crippen LogP contribution in [0.1, 0.15) is 44.9 Å². The van der Waals surface area contributed by atoms with Crippen LogP contribution >= 0.6 is 11.3 Å². The van der Waals surface area contributed by atoms with E-state index in [4.69, 9.17) is 0 Å². The first-order valence-electron chi connectivity index (χ1n) is 8.28. The van der Waals surface area contributed by atoms with Gasteiger partial charge in [0.1, 0.15) is 0 Å². The van der Waals surface area contributed by atoms with Crippen LogP contribution in [0.2, 0.25) is 0 Å². The smallest absolute Gasteiger partial charge is 0.0324 e. The lowest BCUT2D eigenvalue weighted by Gasteiger charge is -2.43. The van der Waals surface area contributed by atoms with E-state index in [0.717, 1.165) is 18.4 Å². The highest BCUT2D eigenvalue weighted by Crippen LogP contribution is 2.40. The SMILES string of the molecule is CNC1CCC(C(C)(C)C)CC1CN(C)Cc1cccs1. The van der Waals surface area contributed by atoms with E-state index in [1.807, 2.05) is 11.3 Å². The molecule has 21 heavy (non-hydrogen) atoms. The van der Waals surface area contributed by atoms with Gasteiger partial charge in [-0.1, -0.05) is 26.8 Å². The minimum atomic E-state index is 0.448. The normalized spacial score (nSPS) is 27.2. The number of thiophene rings is 1. The third kappa shape index (κ3) is 4.80. The fourth-order valence-electron chi connectivity index (χ4n) is 3.77. The van der Waals surface area contributed by atoms with Gasteiger partial charge >= 0.3 is 0 Å². The Morgan fingerprint density at radius 3 is 2.67 bits per heavy atom. The zero-order valence-electron chi connectivity index (χ0n) is 14.4. The van der Waals surface area contributed by atoms with Gasteiger partial charge in [0.05, 0.1) is 0 Å². The molecule has 1 heterocycles. The van der Waals surface area contributed by atoms with Crippen molar-refractivity contribution in [2.75, 3.05) is 20.6 Å². The van der Waals surface area contributed by atoms with Crippen LogP contribution in [0.4, 0.5) is 0 Å². The highest BCUT2D eigenvalue weighted by molar-refractivity contribution is 7.09. The van der Waals surface area contributed by atoms with Gasteiger partial charge in [0.25, 0.3) is 0 Å². The van der Waals surface area contributed by atoms with E-state index in [-0.39, 0.29) is 0 Å². The molecule has 2 nitrogen and oxygen atoms in total. The molecular formula is C18H32N2S. The number of hydrogen-bond donors (Lipinski definition) is 1. The molecule has 1 fully saturated rings. The Bertz CT molecular complexity index is 407. The number of hydrogen-bond acceptors (Lipinski definition) is 3. The Morgan fingerprint density at radius 1 is 1.33 bits per heavy atom. The Morgan fingerprint density at radius 2 is 2.10 bits per heavy atom. The predicted octanol–water partition coefficient (Wildman–Crippen LogP) is 4.23. The molecule has 1 aliphatic rings. The maximum atomic E-state index is 3.57. The van der Waals surface area contributed by atoms with Gasteiger partial charge in [-0.25, -0.2) is 0 Å². The van der Waals surface area contributed by atoms with E-state index >= 15 is 0 Å². The molecule has 1 saturated carbocycles. The minimum absolute atomic E-state index is 0.448. The quantitative estimate of drug-likeness (QED) is 0.875. The minimum Gasteiger partial charge on any atom is -0.317 e. The van der Waals surface area contributed by atoms with Crippen LogP contribution in [0, 0.1) is 17.3 Å². The summed E-state index contributed by atoms with van der Waals surface area (Å²) in [5, 5.41) is 5.74. The summed E-state index contributed by atoms with van der Waals surface area (Å²) < 4.78 is 0. The Kier molecular flexibility index (Phi) is 5.87. The van der Waals surface area contributed by atoms with Crippen LogP contribution in [0.3, 0.4) is 0 Å². The van der Waals surface area contributed by atoms with Crippen LogP contribution in [0.15, 0.2) is 17.5 Å². The van der Waals surface area contributed by atoms with Crippen LogP contribution in [0.25, 0.3) is 0 Å². The van der Waals surface area contributed by atoms with Crippen molar-refractivity contribution in [1.29, 1.82) is 0 Å². The lowest BCUT2D eigenvalue weighted by atomic mass is 9.67. The fraction of sp³-hybridized carbons (Fsp3) is 0.778. The zero-order valence-corrected chi connectivity index (χ0v) is 15.2. The van der Waals surface area contributed by atoms with Gasteiger partial charge in [-0.15, -0.1) is 11.3 Å². The Balaban J connectivity index is 1.94. The van der Waals surface area contributed by atoms with Crippen LogP contribution < -0.4 is 5.32 Å². The zero-order chi connectivity index (χ0) is 15.5. The lowest BCUT2D eigenvalue weighted by Crippen LogP contribution is -2.45. The van der Waals surface area contributed by atoms with Crippen molar-refractivity contribution < 1.29 is 0 Å². The molecule has 0 aliphatic heterocycles. The van der Waals surface area contributed by atoms with Gasteiger partial charge in [-0.3, -0.25) is 0 Å². The fourth-order valence-corrected chi connectivity index (χ4v) is 4.55. The van der Waals surface area contributed by atoms with Gasteiger partial charge < -0.3 is 10.2 Å². The number of nitrogens with one attached hydrogen (secondary N) is 1. The van der Waals surface area contributed by atoms with E-state index in [1.54, 1.807) is 0 Å². The summed E-state index contributed by atoms with van der Waals surface area (Å²) >= 11 is 1.87. The molecular weight excluding hydrogens is 276 g/mol. The van der Waals surface area contributed by atoms with E-state index < -0.39 is 0 Å². The molecule has 1 aliphatic carbocycles. The molecule has 3 heteroatoms. The Hall–Kier alpha value is -0.380. The summed E-state index contributed by atoms with van der Waals surface area (Å²) in [6.45, 7) is 9.51. The second kappa shape index (κ2) is 7.26. The monoisotopic (exact) mass is 308 g/mol. The molecule has 0 aromatic carbocycles. The third-order valence-corrected chi connectivity index (χ3v) is 5.99. The Labute approximate surface area is 134 Å². The molecule has 1 aromatic rings. The summed E-state index contributed by atoms with van der Waals surface area (Å²) in [5.74, 6) is 1.64. The summed E-state index contributed by atoms with van der Waals surface area (Å²) in [4.78, 5) is 3.98. The van der Waals surface area contributed by atoms with Crippen molar-refractivity contribution in [2.45, 2.75) is 52.6 Å². The van der Waals surface area contributed by atoms with Gasteiger partial charge in [0, 0.05) is 24.0 Å². The standard InChI is InChI=1S/C18H32N2S/c1-18(2,3)15-8-9-17(19-4)14(11-15)12-20(5)13-16-7-6-10-21-16/h6-7,10,14-15,17,19H,8-9,11-13H2,1-5H3. The second-order valence-electron chi connectivity index (χ2n) is 7.81. The molecule has 0 spiro atoms. The molecule has 1 aromatic heterocycles. The number of nitrogens with zero attached hydrogens (tertiary/aromatic N) is 1. The number of rotatable bonds is 5. The van der Waals surface area contributed by atoms with E-state index in [9.17, 15) is 0 Å². The molecule has 1 N–H and O–H groups in total. The summed E-state index contributed by atoms with van der Waals surface area (Å²) in [6, 6.07) is 5.09. The third-order valence-electron chi connectivity index (χ3n) is 5.13. The first kappa shape index (κ1) is 17.0. The second-order valence-corrected chi connectivity index (χ2v) is 8.84. The van der Waals surface area contributed by atoms with Crippen molar-refractivity contribution in [3.8, 4) is 0 Å². The van der Waals surface area contributed by atoms with Crippen molar-refractivity contribution in [2.24, 2.45) is 17.3 Å². The molecule has 0 radical (unpaired) electrons. The molecule has 0 amide bonds. The largest absolute Gasteiger partial charge is 0.317 e. The predicted molar refractivity (Wildman–Crippen MR) is 93.8 cm³/mol. The average molecular weight is 309 g/mol. The lowest BCUT2D eigenvalue weighted by molar-refractivity contribution is 0.0948. The van der Waals surface area contributed by atoms with Crippen molar-refractivity contribution in [3.63, 3.8) is 0 Å². The first-order chi connectivity index (χ1) is 9.90. The molecule has 0 bridgehead atoms. The van der Waals surface area contributed by atoms with Crippen LogP contribution in [-0.4, -0.2) is 31.6 Å². The average Bonchev–Trinajstić information content (AvgIpc) is 2.90. The van der Waals surface area contributed by atoms with Gasteiger partial charge in [0.2, 0.25) is 0 Å². The van der Waals surface area contributed by atoms with Crippen molar-refractivity contribution >= 4 is 11.3 Å². The summed E-state index contributed by atoms with van der Waals surface area (Å²) in [5.41, 5.74) is 0.448. The van der Waals surface area contributed by atoms with Gasteiger partial charge in [-0.05, 0) is 62.1 Å². The topological polar surface area (TPSA) is 15.3 Å². The van der Waals surface area contributed by atoms with E-state index in [0.29, 0.717) is 11.5 Å². The highest BCUT2D eigenvalue weighted by Gasteiger charge is 2.35. The highest BCUT2D eigenvalue weighted by atomic mass is 32.1. The van der Waals surface area contributed by atoms with Crippen molar-refractivity contribution in [1.82, 2.24) is 10.2 Å². The van der Waals surface area contributed by atoms with Gasteiger partial charge in [0.15, 0.2) is 0 Å². The van der Waals surface area contributed by atoms with Gasteiger partial charge in [-0.2, -0.15) is 0 Å².